The van der Waals surface area contributed by atoms with Crippen molar-refractivity contribution < 1.29 is 0 Å². The summed E-state index contributed by atoms with van der Waals surface area (Å²) in [6.45, 7) is 2.50. The van der Waals surface area contributed by atoms with Crippen molar-refractivity contribution in [3.05, 3.63) is 45.7 Å². The van der Waals surface area contributed by atoms with E-state index in [1.54, 1.807) is 4.57 Å². The van der Waals surface area contributed by atoms with Crippen LogP contribution < -0.4 is 17.0 Å². The first-order chi connectivity index (χ1) is 9.54. The van der Waals surface area contributed by atoms with Crippen LogP contribution in [0.15, 0.2) is 29.1 Å². The second-order valence-corrected chi connectivity index (χ2v) is 4.67. The summed E-state index contributed by atoms with van der Waals surface area (Å²) in [7, 11) is 0. The third-order valence-electron chi connectivity index (χ3n) is 3.08. The lowest BCUT2D eigenvalue weighted by Gasteiger charge is -2.06. The number of nitrogen functional groups attached to an aromatic ring is 2. The Balaban J connectivity index is 2.16. The van der Waals surface area contributed by atoms with Gasteiger partial charge >= 0.3 is 0 Å². The number of imidazole rings is 1. The number of aromatic nitrogens is 4. The number of nitrogens with zero attached hydrogens (tertiary/aromatic N) is 3. The number of benzene rings is 1. The Morgan fingerprint density at radius 2 is 2.10 bits per heavy atom. The van der Waals surface area contributed by atoms with Crippen molar-refractivity contribution in [3.8, 4) is 0 Å². The molecule has 2 heterocycles. The zero-order chi connectivity index (χ0) is 14.3. The number of rotatable bonds is 2. The molecule has 20 heavy (non-hydrogen) atoms. The number of anilines is 2. The van der Waals surface area contributed by atoms with Crippen LogP contribution in [-0.4, -0.2) is 19.5 Å². The van der Waals surface area contributed by atoms with Gasteiger partial charge in [-0.15, -0.1) is 0 Å². The molecule has 0 aliphatic heterocycles. The molecule has 0 spiro atoms. The maximum absolute atomic E-state index is 11.8. The van der Waals surface area contributed by atoms with Gasteiger partial charge < -0.3 is 11.5 Å². The fourth-order valence-corrected chi connectivity index (χ4v) is 2.19. The van der Waals surface area contributed by atoms with E-state index in [0.717, 1.165) is 11.1 Å². The van der Waals surface area contributed by atoms with Crippen LogP contribution in [-0.2, 0) is 6.54 Å². The summed E-state index contributed by atoms with van der Waals surface area (Å²) in [5, 5.41) is 0. The maximum Gasteiger partial charge on any atom is 0.280 e. The molecule has 2 aromatic heterocycles. The van der Waals surface area contributed by atoms with E-state index >= 15 is 0 Å². The Bertz CT molecular complexity index is 848. The molecule has 1 aromatic carbocycles. The first-order valence-electron chi connectivity index (χ1n) is 6.11. The van der Waals surface area contributed by atoms with Gasteiger partial charge in [-0.3, -0.25) is 14.3 Å². The Hall–Kier alpha value is -2.83. The second-order valence-electron chi connectivity index (χ2n) is 4.67. The summed E-state index contributed by atoms with van der Waals surface area (Å²) < 4.78 is 1.68. The number of fused-ring (bicyclic) bond motifs is 1. The monoisotopic (exact) mass is 270 g/mol. The van der Waals surface area contributed by atoms with Crippen LogP contribution in [0.1, 0.15) is 11.1 Å². The van der Waals surface area contributed by atoms with E-state index in [-0.39, 0.29) is 23.0 Å². The van der Waals surface area contributed by atoms with Crippen LogP contribution in [0.2, 0.25) is 0 Å². The largest absolute Gasteiger partial charge is 0.369 e. The van der Waals surface area contributed by atoms with Gasteiger partial charge in [0.15, 0.2) is 11.2 Å². The minimum Gasteiger partial charge on any atom is -0.369 e. The van der Waals surface area contributed by atoms with Crippen LogP contribution in [0.4, 0.5) is 11.9 Å². The molecular weight excluding hydrogens is 256 g/mol. The Morgan fingerprint density at radius 3 is 2.85 bits per heavy atom. The summed E-state index contributed by atoms with van der Waals surface area (Å²) >= 11 is 0. The highest BCUT2D eigenvalue weighted by Gasteiger charge is 2.13. The second kappa shape index (κ2) is 4.37. The summed E-state index contributed by atoms with van der Waals surface area (Å²) in [4.78, 5) is 22.3. The van der Waals surface area contributed by atoms with Crippen molar-refractivity contribution in [2.75, 3.05) is 11.5 Å². The van der Waals surface area contributed by atoms with Crippen molar-refractivity contribution in [2.24, 2.45) is 0 Å². The molecule has 0 aliphatic carbocycles. The van der Waals surface area contributed by atoms with E-state index in [4.69, 9.17) is 11.5 Å². The average Bonchev–Trinajstić information content (AvgIpc) is 2.68. The molecule has 0 saturated heterocycles. The lowest BCUT2D eigenvalue weighted by molar-refractivity contribution is 0.826. The summed E-state index contributed by atoms with van der Waals surface area (Å²) in [6, 6.07) is 8.00. The number of nitrogens with one attached hydrogen (secondary N) is 1. The van der Waals surface area contributed by atoms with E-state index < -0.39 is 0 Å². The van der Waals surface area contributed by atoms with Gasteiger partial charge in [0.2, 0.25) is 11.9 Å². The molecule has 102 valence electrons. The van der Waals surface area contributed by atoms with E-state index in [2.05, 4.69) is 15.0 Å². The van der Waals surface area contributed by atoms with Crippen LogP contribution in [0, 0.1) is 6.92 Å². The summed E-state index contributed by atoms with van der Waals surface area (Å²) in [5.41, 5.74) is 13.9. The Labute approximate surface area is 114 Å². The third-order valence-corrected chi connectivity index (χ3v) is 3.08. The van der Waals surface area contributed by atoms with Gasteiger partial charge in [-0.05, 0) is 12.5 Å². The number of aryl methyl sites for hydroxylation is 1. The molecule has 0 atom stereocenters. The molecule has 0 aliphatic rings. The molecule has 0 radical (unpaired) electrons. The fraction of sp³-hybridized carbons (Fsp3) is 0.154. The van der Waals surface area contributed by atoms with Gasteiger partial charge in [0.25, 0.3) is 5.56 Å². The van der Waals surface area contributed by atoms with Crippen LogP contribution >= 0.6 is 0 Å². The van der Waals surface area contributed by atoms with Crippen molar-refractivity contribution in [1.29, 1.82) is 0 Å². The van der Waals surface area contributed by atoms with Crippen LogP contribution in [0.3, 0.4) is 0 Å². The van der Waals surface area contributed by atoms with Crippen molar-refractivity contribution in [1.82, 2.24) is 19.5 Å². The highest BCUT2D eigenvalue weighted by Crippen LogP contribution is 2.16. The van der Waals surface area contributed by atoms with Crippen LogP contribution in [0.5, 0.6) is 0 Å². The third kappa shape index (κ3) is 1.99. The lowest BCUT2D eigenvalue weighted by atomic mass is 10.1. The first kappa shape index (κ1) is 12.2. The molecule has 5 N–H and O–H groups in total. The Kier molecular flexibility index (Phi) is 2.67. The Morgan fingerprint density at radius 1 is 1.30 bits per heavy atom. The zero-order valence-corrected chi connectivity index (χ0v) is 10.9. The molecule has 0 unspecified atom stereocenters. The van der Waals surface area contributed by atoms with E-state index in [9.17, 15) is 4.79 Å². The molecule has 3 aromatic rings. The van der Waals surface area contributed by atoms with Gasteiger partial charge in [-0.2, -0.15) is 4.98 Å². The number of H-pyrrole nitrogens is 1. The van der Waals surface area contributed by atoms with Gasteiger partial charge in [0.1, 0.15) is 0 Å². The van der Waals surface area contributed by atoms with Crippen molar-refractivity contribution in [3.63, 3.8) is 0 Å². The van der Waals surface area contributed by atoms with E-state index in [0.29, 0.717) is 12.2 Å². The number of hydrogen-bond donors (Lipinski definition) is 3. The predicted molar refractivity (Wildman–Crippen MR) is 77.3 cm³/mol. The molecule has 7 heteroatoms. The molecule has 7 nitrogen and oxygen atoms in total. The van der Waals surface area contributed by atoms with Gasteiger partial charge in [0, 0.05) is 0 Å². The molecular formula is C13H14N6O. The summed E-state index contributed by atoms with van der Waals surface area (Å²) in [6.07, 6.45) is 0. The SMILES string of the molecule is Cc1cccc(Cn2c(N)nc3c(=O)[nH]c(N)nc32)c1. The number of hydrogen-bond acceptors (Lipinski definition) is 5. The minimum atomic E-state index is -0.387. The number of nitrogens with two attached hydrogens (primary N) is 2. The van der Waals surface area contributed by atoms with Gasteiger partial charge in [-0.1, -0.05) is 29.8 Å². The smallest absolute Gasteiger partial charge is 0.280 e. The quantitative estimate of drug-likeness (QED) is 0.632. The van der Waals surface area contributed by atoms with Gasteiger partial charge in [-0.25, -0.2) is 4.98 Å². The number of aromatic amines is 1. The predicted octanol–water partition coefficient (Wildman–Crippen LogP) is 0.641. The lowest BCUT2D eigenvalue weighted by Crippen LogP contribution is -2.12. The highest BCUT2D eigenvalue weighted by molar-refractivity contribution is 5.74. The molecule has 0 bridgehead atoms. The standard InChI is InChI=1S/C13H14N6O/c1-7-3-2-4-8(5-7)6-19-10-9(16-13(19)15)11(20)18-12(14)17-10/h2-5H,6H2,1H3,(H2,15,16)(H3,14,17,18,20). The maximum atomic E-state index is 11.8. The van der Waals surface area contributed by atoms with Crippen molar-refractivity contribution in [2.45, 2.75) is 13.5 Å². The molecule has 0 saturated carbocycles. The minimum absolute atomic E-state index is 0.0490. The fourth-order valence-electron chi connectivity index (χ4n) is 2.19. The zero-order valence-electron chi connectivity index (χ0n) is 10.9. The van der Waals surface area contributed by atoms with E-state index in [1.807, 2.05) is 31.2 Å². The highest BCUT2D eigenvalue weighted by atomic mass is 16.1. The van der Waals surface area contributed by atoms with Crippen LogP contribution in [0.25, 0.3) is 11.2 Å². The summed E-state index contributed by atoms with van der Waals surface area (Å²) in [5.74, 6) is 0.290. The first-order valence-corrected chi connectivity index (χ1v) is 6.11. The topological polar surface area (TPSA) is 116 Å². The van der Waals surface area contributed by atoms with Gasteiger partial charge in [0.05, 0.1) is 6.54 Å². The average molecular weight is 270 g/mol. The van der Waals surface area contributed by atoms with Crippen molar-refractivity contribution >= 4 is 23.1 Å². The van der Waals surface area contributed by atoms with E-state index in [1.165, 1.54) is 0 Å². The molecule has 0 fully saturated rings. The normalized spacial score (nSPS) is 11.1. The molecule has 0 amide bonds. The molecule has 3 rings (SSSR count).